The van der Waals surface area contributed by atoms with E-state index in [0.717, 1.165) is 6.42 Å². The van der Waals surface area contributed by atoms with Gasteiger partial charge in [0.15, 0.2) is 0 Å². The zero-order chi connectivity index (χ0) is 12.0. The number of ether oxygens (including phenoxy) is 1. The van der Waals surface area contributed by atoms with Gasteiger partial charge in [-0.1, -0.05) is 44.2 Å². The van der Waals surface area contributed by atoms with E-state index in [0.29, 0.717) is 12.7 Å². The van der Waals surface area contributed by atoms with Gasteiger partial charge in [0.25, 0.3) is 0 Å². The van der Waals surface area contributed by atoms with Crippen molar-refractivity contribution in [3.63, 3.8) is 0 Å². The molecule has 1 aromatic rings. The van der Waals surface area contributed by atoms with Crippen LogP contribution in [0.2, 0.25) is 0 Å². The van der Waals surface area contributed by atoms with E-state index >= 15 is 0 Å². The fourth-order valence-corrected chi connectivity index (χ4v) is 1.88. The Kier molecular flexibility index (Phi) is 5.27. The summed E-state index contributed by atoms with van der Waals surface area (Å²) in [5.41, 5.74) is 3.71. The summed E-state index contributed by atoms with van der Waals surface area (Å²) in [5.74, 6) is 0. The molecule has 0 aliphatic heterocycles. The molecule has 16 heavy (non-hydrogen) atoms. The standard InChI is InChI=1S/C15H22O/c1-5-8-13(4)16-11-14-10-7-9-12(3)15(14)6-2/h6-7,9-10,13H,2,5,8,11H2,1,3-4H3. The largest absolute Gasteiger partial charge is 0.374 e. The number of aryl methyl sites for hydroxylation is 1. The number of benzene rings is 1. The Balaban J connectivity index is 2.66. The first-order valence-corrected chi connectivity index (χ1v) is 6.01. The van der Waals surface area contributed by atoms with Crippen LogP contribution in [0, 0.1) is 6.92 Å². The number of hydrogen-bond donors (Lipinski definition) is 0. The molecule has 0 heterocycles. The summed E-state index contributed by atoms with van der Waals surface area (Å²) in [7, 11) is 0. The number of hydrogen-bond acceptors (Lipinski definition) is 1. The minimum Gasteiger partial charge on any atom is -0.374 e. The highest BCUT2D eigenvalue weighted by molar-refractivity contribution is 5.55. The summed E-state index contributed by atoms with van der Waals surface area (Å²) in [6, 6.07) is 6.30. The van der Waals surface area contributed by atoms with Crippen molar-refractivity contribution >= 4 is 6.08 Å². The van der Waals surface area contributed by atoms with Gasteiger partial charge in [0.05, 0.1) is 12.7 Å². The molecule has 0 aromatic heterocycles. The quantitative estimate of drug-likeness (QED) is 0.690. The molecule has 0 aliphatic carbocycles. The summed E-state index contributed by atoms with van der Waals surface area (Å²) >= 11 is 0. The number of rotatable bonds is 6. The van der Waals surface area contributed by atoms with Crippen LogP contribution in [0.4, 0.5) is 0 Å². The molecule has 1 aromatic carbocycles. The second kappa shape index (κ2) is 6.49. The van der Waals surface area contributed by atoms with Gasteiger partial charge in [-0.25, -0.2) is 0 Å². The van der Waals surface area contributed by atoms with E-state index in [1.807, 2.05) is 6.08 Å². The van der Waals surface area contributed by atoms with E-state index in [2.05, 4.69) is 45.5 Å². The summed E-state index contributed by atoms with van der Waals surface area (Å²) in [6.45, 7) is 11.0. The highest BCUT2D eigenvalue weighted by Gasteiger charge is 2.05. The Hall–Kier alpha value is -1.08. The van der Waals surface area contributed by atoms with E-state index < -0.39 is 0 Å². The van der Waals surface area contributed by atoms with Crippen molar-refractivity contribution in [2.24, 2.45) is 0 Å². The van der Waals surface area contributed by atoms with Crippen LogP contribution in [0.25, 0.3) is 6.08 Å². The Morgan fingerprint density at radius 3 is 2.81 bits per heavy atom. The Labute approximate surface area is 99.1 Å². The molecule has 0 saturated heterocycles. The minimum atomic E-state index is 0.336. The zero-order valence-corrected chi connectivity index (χ0v) is 10.6. The summed E-state index contributed by atoms with van der Waals surface area (Å²) < 4.78 is 5.82. The van der Waals surface area contributed by atoms with Gasteiger partial charge >= 0.3 is 0 Å². The van der Waals surface area contributed by atoms with Crippen LogP contribution < -0.4 is 0 Å². The summed E-state index contributed by atoms with van der Waals surface area (Å²) in [5, 5.41) is 0. The van der Waals surface area contributed by atoms with Crippen LogP contribution in [0.3, 0.4) is 0 Å². The molecular formula is C15H22O. The summed E-state index contributed by atoms with van der Waals surface area (Å²) in [6.07, 6.45) is 4.54. The average Bonchev–Trinajstić information content (AvgIpc) is 2.27. The fraction of sp³-hybridized carbons (Fsp3) is 0.467. The van der Waals surface area contributed by atoms with Crippen molar-refractivity contribution in [3.05, 3.63) is 41.5 Å². The molecule has 0 radical (unpaired) electrons. The first-order chi connectivity index (χ1) is 7.69. The molecule has 0 aliphatic rings. The van der Waals surface area contributed by atoms with Crippen molar-refractivity contribution in [1.82, 2.24) is 0 Å². The fourth-order valence-electron chi connectivity index (χ4n) is 1.88. The third-order valence-corrected chi connectivity index (χ3v) is 2.84. The molecule has 1 rings (SSSR count). The van der Waals surface area contributed by atoms with E-state index in [1.165, 1.54) is 23.1 Å². The Morgan fingerprint density at radius 1 is 1.44 bits per heavy atom. The highest BCUT2D eigenvalue weighted by atomic mass is 16.5. The monoisotopic (exact) mass is 218 g/mol. The van der Waals surface area contributed by atoms with E-state index in [9.17, 15) is 0 Å². The Bertz CT molecular complexity index is 341. The molecule has 0 saturated carbocycles. The van der Waals surface area contributed by atoms with E-state index in [-0.39, 0.29) is 0 Å². The normalized spacial score (nSPS) is 12.4. The van der Waals surface area contributed by atoms with Crippen molar-refractivity contribution in [1.29, 1.82) is 0 Å². The van der Waals surface area contributed by atoms with Crippen molar-refractivity contribution in [2.45, 2.75) is 46.3 Å². The Morgan fingerprint density at radius 2 is 2.19 bits per heavy atom. The van der Waals surface area contributed by atoms with Gasteiger partial charge < -0.3 is 4.74 Å². The molecule has 0 N–H and O–H groups in total. The molecule has 1 heteroatoms. The average molecular weight is 218 g/mol. The van der Waals surface area contributed by atoms with Crippen molar-refractivity contribution < 1.29 is 4.74 Å². The lowest BCUT2D eigenvalue weighted by Gasteiger charge is -2.14. The van der Waals surface area contributed by atoms with Crippen molar-refractivity contribution in [3.8, 4) is 0 Å². The molecule has 0 bridgehead atoms. The van der Waals surface area contributed by atoms with Gasteiger partial charge in [0, 0.05) is 0 Å². The van der Waals surface area contributed by atoms with Gasteiger partial charge in [0.1, 0.15) is 0 Å². The van der Waals surface area contributed by atoms with E-state index in [1.54, 1.807) is 0 Å². The summed E-state index contributed by atoms with van der Waals surface area (Å²) in [4.78, 5) is 0. The maximum Gasteiger partial charge on any atom is 0.0726 e. The molecule has 0 amide bonds. The molecule has 1 unspecified atom stereocenters. The second-order valence-corrected chi connectivity index (χ2v) is 4.26. The van der Waals surface area contributed by atoms with Crippen LogP contribution in [0.15, 0.2) is 24.8 Å². The van der Waals surface area contributed by atoms with Crippen LogP contribution in [0.5, 0.6) is 0 Å². The molecular weight excluding hydrogens is 196 g/mol. The van der Waals surface area contributed by atoms with Gasteiger partial charge in [-0.3, -0.25) is 0 Å². The van der Waals surface area contributed by atoms with Crippen LogP contribution in [-0.2, 0) is 11.3 Å². The van der Waals surface area contributed by atoms with Gasteiger partial charge in [-0.05, 0) is 37.0 Å². The van der Waals surface area contributed by atoms with Gasteiger partial charge in [0.2, 0.25) is 0 Å². The lowest BCUT2D eigenvalue weighted by Crippen LogP contribution is -2.08. The molecule has 88 valence electrons. The zero-order valence-electron chi connectivity index (χ0n) is 10.6. The first kappa shape index (κ1) is 13.0. The maximum absolute atomic E-state index is 5.82. The smallest absolute Gasteiger partial charge is 0.0726 e. The first-order valence-electron chi connectivity index (χ1n) is 6.01. The molecule has 0 fully saturated rings. The molecule has 1 atom stereocenters. The molecule has 0 spiro atoms. The van der Waals surface area contributed by atoms with Gasteiger partial charge in [-0.2, -0.15) is 0 Å². The predicted octanol–water partition coefficient (Wildman–Crippen LogP) is 4.34. The molecule has 1 nitrogen and oxygen atoms in total. The third kappa shape index (κ3) is 3.49. The van der Waals surface area contributed by atoms with Crippen LogP contribution >= 0.6 is 0 Å². The topological polar surface area (TPSA) is 9.23 Å². The van der Waals surface area contributed by atoms with Gasteiger partial charge in [-0.15, -0.1) is 0 Å². The lowest BCUT2D eigenvalue weighted by atomic mass is 10.0. The minimum absolute atomic E-state index is 0.336. The highest BCUT2D eigenvalue weighted by Crippen LogP contribution is 2.17. The lowest BCUT2D eigenvalue weighted by molar-refractivity contribution is 0.0471. The third-order valence-electron chi connectivity index (χ3n) is 2.84. The van der Waals surface area contributed by atoms with Crippen LogP contribution in [-0.4, -0.2) is 6.10 Å². The van der Waals surface area contributed by atoms with E-state index in [4.69, 9.17) is 4.74 Å². The second-order valence-electron chi connectivity index (χ2n) is 4.26. The SMILES string of the molecule is C=Cc1c(C)cccc1COC(C)CCC. The maximum atomic E-state index is 5.82. The van der Waals surface area contributed by atoms with Crippen LogP contribution in [0.1, 0.15) is 43.4 Å². The predicted molar refractivity (Wildman–Crippen MR) is 70.4 cm³/mol. The van der Waals surface area contributed by atoms with Crippen molar-refractivity contribution in [2.75, 3.05) is 0 Å².